The van der Waals surface area contributed by atoms with E-state index in [1.54, 1.807) is 7.11 Å². The number of nitrogens with zero attached hydrogens (tertiary/aromatic N) is 4. The Morgan fingerprint density at radius 2 is 1.93 bits per heavy atom. The van der Waals surface area contributed by atoms with E-state index in [2.05, 4.69) is 44.2 Å². The van der Waals surface area contributed by atoms with E-state index in [4.69, 9.17) is 4.74 Å². The standard InChI is InChI=1S/C19H28N6O.HI/c1-13-9-14(2)12-25(11-13)19(20-3)21-10-17-22-18(24-23-17)15-5-7-16(26-4)8-6-15;/h5-8,13-14H,9-12H2,1-4H3,(H,20,21)(H,22,23,24);1H. The molecule has 0 bridgehead atoms. The normalized spacial score (nSPS) is 20.1. The van der Waals surface area contributed by atoms with Crippen LogP contribution in [0.5, 0.6) is 5.75 Å². The summed E-state index contributed by atoms with van der Waals surface area (Å²) in [7, 11) is 3.48. The number of H-pyrrole nitrogens is 1. The van der Waals surface area contributed by atoms with Gasteiger partial charge in [0.1, 0.15) is 11.6 Å². The average Bonchev–Trinajstić information content (AvgIpc) is 3.10. The van der Waals surface area contributed by atoms with Gasteiger partial charge in [0.25, 0.3) is 0 Å². The Morgan fingerprint density at radius 1 is 1.26 bits per heavy atom. The van der Waals surface area contributed by atoms with E-state index in [0.717, 1.165) is 36.2 Å². The second-order valence-corrected chi connectivity index (χ2v) is 7.09. The van der Waals surface area contributed by atoms with Gasteiger partial charge in [0.15, 0.2) is 11.8 Å². The first-order valence-electron chi connectivity index (χ1n) is 9.10. The Hall–Kier alpha value is -1.84. The zero-order valence-corrected chi connectivity index (χ0v) is 18.7. The van der Waals surface area contributed by atoms with Gasteiger partial charge in [-0.3, -0.25) is 10.1 Å². The number of guanidine groups is 1. The average molecular weight is 484 g/mol. The lowest BCUT2D eigenvalue weighted by Crippen LogP contribution is -2.48. The zero-order chi connectivity index (χ0) is 18.5. The molecule has 2 unspecified atom stereocenters. The number of ether oxygens (including phenoxy) is 1. The smallest absolute Gasteiger partial charge is 0.194 e. The number of rotatable bonds is 4. The molecule has 2 aromatic rings. The van der Waals surface area contributed by atoms with E-state index < -0.39 is 0 Å². The topological polar surface area (TPSA) is 78.4 Å². The summed E-state index contributed by atoms with van der Waals surface area (Å²) in [6.45, 7) is 7.24. The van der Waals surface area contributed by atoms with E-state index in [-0.39, 0.29) is 24.0 Å². The van der Waals surface area contributed by atoms with Crippen molar-refractivity contribution >= 4 is 29.9 Å². The molecule has 2 heterocycles. The van der Waals surface area contributed by atoms with E-state index in [0.29, 0.717) is 24.2 Å². The quantitative estimate of drug-likeness (QED) is 0.396. The number of hydrogen-bond donors (Lipinski definition) is 2. The van der Waals surface area contributed by atoms with Crippen LogP contribution in [-0.2, 0) is 6.54 Å². The number of aromatic nitrogens is 3. The summed E-state index contributed by atoms with van der Waals surface area (Å²) in [5, 5.41) is 10.7. The molecule has 2 atom stereocenters. The van der Waals surface area contributed by atoms with Gasteiger partial charge >= 0.3 is 0 Å². The maximum Gasteiger partial charge on any atom is 0.194 e. The fraction of sp³-hybridized carbons (Fsp3) is 0.526. The molecule has 1 saturated heterocycles. The second-order valence-electron chi connectivity index (χ2n) is 7.09. The van der Waals surface area contributed by atoms with Crippen molar-refractivity contribution in [3.63, 3.8) is 0 Å². The first-order chi connectivity index (χ1) is 12.6. The van der Waals surface area contributed by atoms with Crippen LogP contribution in [0.1, 0.15) is 26.1 Å². The Labute approximate surface area is 178 Å². The number of aromatic amines is 1. The molecule has 0 saturated carbocycles. The van der Waals surface area contributed by atoms with Crippen molar-refractivity contribution in [1.82, 2.24) is 25.4 Å². The van der Waals surface area contributed by atoms with Crippen molar-refractivity contribution in [2.75, 3.05) is 27.2 Å². The van der Waals surface area contributed by atoms with Crippen molar-refractivity contribution < 1.29 is 4.74 Å². The van der Waals surface area contributed by atoms with Crippen LogP contribution in [0.4, 0.5) is 0 Å². The first-order valence-corrected chi connectivity index (χ1v) is 9.10. The van der Waals surface area contributed by atoms with Crippen molar-refractivity contribution in [3.05, 3.63) is 30.1 Å². The van der Waals surface area contributed by atoms with Gasteiger partial charge in [-0.2, -0.15) is 5.10 Å². The SMILES string of the molecule is CN=C(NCc1nc(-c2ccc(OC)cc2)n[nH]1)N1CC(C)CC(C)C1.I. The van der Waals surface area contributed by atoms with Crippen LogP contribution >= 0.6 is 24.0 Å². The summed E-state index contributed by atoms with van der Waals surface area (Å²) in [6.07, 6.45) is 1.28. The number of likely N-dealkylation sites (tertiary alicyclic amines) is 1. The minimum Gasteiger partial charge on any atom is -0.497 e. The van der Waals surface area contributed by atoms with E-state index in [1.807, 2.05) is 31.3 Å². The highest BCUT2D eigenvalue weighted by molar-refractivity contribution is 14.0. The molecule has 1 aliphatic rings. The Bertz CT molecular complexity index is 735. The van der Waals surface area contributed by atoms with Gasteiger partial charge in [-0.1, -0.05) is 13.8 Å². The van der Waals surface area contributed by atoms with Crippen LogP contribution in [0.15, 0.2) is 29.3 Å². The maximum absolute atomic E-state index is 5.18. The molecule has 1 aromatic carbocycles. The number of piperidine rings is 1. The Morgan fingerprint density at radius 3 is 2.52 bits per heavy atom. The summed E-state index contributed by atoms with van der Waals surface area (Å²) in [6, 6.07) is 7.72. The molecule has 1 aromatic heterocycles. The molecule has 3 rings (SSSR count). The summed E-state index contributed by atoms with van der Waals surface area (Å²) in [5.41, 5.74) is 0.955. The predicted molar refractivity (Wildman–Crippen MR) is 119 cm³/mol. The van der Waals surface area contributed by atoms with Gasteiger partial charge in [0.05, 0.1) is 13.7 Å². The Kier molecular flexibility index (Phi) is 7.88. The number of hydrogen-bond acceptors (Lipinski definition) is 4. The van der Waals surface area contributed by atoms with Gasteiger partial charge in [0, 0.05) is 25.7 Å². The molecule has 7 nitrogen and oxygen atoms in total. The van der Waals surface area contributed by atoms with Crippen LogP contribution in [0.25, 0.3) is 11.4 Å². The second kappa shape index (κ2) is 9.91. The molecule has 1 fully saturated rings. The van der Waals surface area contributed by atoms with Crippen LogP contribution in [0, 0.1) is 11.8 Å². The highest BCUT2D eigenvalue weighted by Gasteiger charge is 2.24. The number of methoxy groups -OCH3 is 1. The monoisotopic (exact) mass is 484 g/mol. The first kappa shape index (κ1) is 21.5. The number of halogens is 1. The molecule has 148 valence electrons. The summed E-state index contributed by atoms with van der Waals surface area (Å²) in [5.74, 6) is 4.58. The van der Waals surface area contributed by atoms with E-state index in [9.17, 15) is 0 Å². The lowest BCUT2D eigenvalue weighted by molar-refractivity contribution is 0.208. The van der Waals surface area contributed by atoms with Crippen LogP contribution < -0.4 is 10.1 Å². The molecule has 0 amide bonds. The minimum absolute atomic E-state index is 0. The van der Waals surface area contributed by atoms with Crippen molar-refractivity contribution in [1.29, 1.82) is 0 Å². The molecule has 0 aliphatic carbocycles. The maximum atomic E-state index is 5.18. The largest absolute Gasteiger partial charge is 0.497 e. The van der Waals surface area contributed by atoms with Crippen LogP contribution in [0.3, 0.4) is 0 Å². The molecule has 0 radical (unpaired) electrons. The lowest BCUT2D eigenvalue weighted by Gasteiger charge is -2.37. The summed E-state index contributed by atoms with van der Waals surface area (Å²) >= 11 is 0. The Balaban J connectivity index is 0.00000261. The van der Waals surface area contributed by atoms with Gasteiger partial charge in [-0.05, 0) is 42.5 Å². The number of nitrogens with one attached hydrogen (secondary N) is 2. The fourth-order valence-corrected chi connectivity index (χ4v) is 3.57. The molecular weight excluding hydrogens is 455 g/mol. The summed E-state index contributed by atoms with van der Waals surface area (Å²) in [4.78, 5) is 11.3. The lowest BCUT2D eigenvalue weighted by atomic mass is 9.92. The van der Waals surface area contributed by atoms with E-state index >= 15 is 0 Å². The van der Waals surface area contributed by atoms with Gasteiger partial charge < -0.3 is 15.0 Å². The highest BCUT2D eigenvalue weighted by atomic mass is 127. The van der Waals surface area contributed by atoms with E-state index in [1.165, 1.54) is 6.42 Å². The third-order valence-electron chi connectivity index (χ3n) is 4.67. The third kappa shape index (κ3) is 5.57. The molecule has 0 spiro atoms. The highest BCUT2D eigenvalue weighted by Crippen LogP contribution is 2.21. The van der Waals surface area contributed by atoms with Crippen LogP contribution in [0.2, 0.25) is 0 Å². The van der Waals surface area contributed by atoms with Gasteiger partial charge in [0.2, 0.25) is 0 Å². The molecular formula is C19H29IN6O. The minimum atomic E-state index is 0. The fourth-order valence-electron chi connectivity index (χ4n) is 3.57. The van der Waals surface area contributed by atoms with Crippen LogP contribution in [-0.4, -0.2) is 53.3 Å². The van der Waals surface area contributed by atoms with Gasteiger partial charge in [-0.25, -0.2) is 4.98 Å². The number of aliphatic imine (C=N–C) groups is 1. The third-order valence-corrected chi connectivity index (χ3v) is 4.67. The number of benzene rings is 1. The summed E-state index contributed by atoms with van der Waals surface area (Å²) < 4.78 is 5.18. The van der Waals surface area contributed by atoms with Gasteiger partial charge in [-0.15, -0.1) is 24.0 Å². The molecule has 27 heavy (non-hydrogen) atoms. The molecule has 2 N–H and O–H groups in total. The van der Waals surface area contributed by atoms with Crippen molar-refractivity contribution in [2.45, 2.75) is 26.8 Å². The zero-order valence-electron chi connectivity index (χ0n) is 16.4. The predicted octanol–water partition coefficient (Wildman–Crippen LogP) is 3.15. The molecule has 1 aliphatic heterocycles. The van der Waals surface area contributed by atoms with Crippen molar-refractivity contribution in [2.24, 2.45) is 16.8 Å². The van der Waals surface area contributed by atoms with Crippen molar-refractivity contribution in [3.8, 4) is 17.1 Å². The molecule has 8 heteroatoms.